The van der Waals surface area contributed by atoms with Crippen molar-refractivity contribution in [2.45, 2.75) is 32.7 Å². The molecule has 4 aromatic rings. The summed E-state index contributed by atoms with van der Waals surface area (Å²) in [6, 6.07) is 20.5. The number of aromatic nitrogens is 1. The van der Waals surface area contributed by atoms with Gasteiger partial charge in [0.1, 0.15) is 0 Å². The maximum atomic E-state index is 14.3. The largest absolute Gasteiger partial charge is 0.493 e. The van der Waals surface area contributed by atoms with Gasteiger partial charge in [0.25, 0.3) is 5.56 Å². The molecule has 0 spiro atoms. The SMILES string of the molecule is CCOC(=O)C1=C(c2ccccc2)N=c2s/c(=C/c3ccc(N4CCCC4)cc3C)c(=O)n2[C@H]1c1ccc(OC)c(OC)c1. The van der Waals surface area contributed by atoms with E-state index in [1.807, 2.05) is 42.5 Å². The molecular formula is C35H35N3O5S. The van der Waals surface area contributed by atoms with E-state index in [9.17, 15) is 9.59 Å². The van der Waals surface area contributed by atoms with Gasteiger partial charge in [-0.3, -0.25) is 9.36 Å². The number of fused-ring (bicyclic) bond motifs is 1. The van der Waals surface area contributed by atoms with Crippen LogP contribution < -0.4 is 29.3 Å². The van der Waals surface area contributed by atoms with Crippen molar-refractivity contribution >= 4 is 34.8 Å². The van der Waals surface area contributed by atoms with Crippen LogP contribution in [0.1, 0.15) is 48.1 Å². The molecule has 3 aromatic carbocycles. The van der Waals surface area contributed by atoms with Gasteiger partial charge in [0.2, 0.25) is 0 Å². The van der Waals surface area contributed by atoms with Crippen LogP contribution in [-0.2, 0) is 9.53 Å². The number of thiazole rings is 1. The van der Waals surface area contributed by atoms with Crippen LogP contribution in [0.4, 0.5) is 5.69 Å². The Morgan fingerprint density at radius 2 is 1.75 bits per heavy atom. The summed E-state index contributed by atoms with van der Waals surface area (Å²) in [6.45, 7) is 6.15. The number of anilines is 1. The third-order valence-corrected chi connectivity index (χ3v) is 9.09. The van der Waals surface area contributed by atoms with Gasteiger partial charge in [-0.2, -0.15) is 0 Å². The second-order valence-corrected chi connectivity index (χ2v) is 11.8. The lowest BCUT2D eigenvalue weighted by Crippen LogP contribution is -2.40. The van der Waals surface area contributed by atoms with Gasteiger partial charge >= 0.3 is 5.97 Å². The first-order chi connectivity index (χ1) is 21.4. The van der Waals surface area contributed by atoms with Crippen molar-refractivity contribution in [2.24, 2.45) is 4.99 Å². The first kappa shape index (κ1) is 29.4. The predicted molar refractivity (Wildman–Crippen MR) is 173 cm³/mol. The Morgan fingerprint density at radius 3 is 2.43 bits per heavy atom. The quantitative estimate of drug-likeness (QED) is 0.266. The van der Waals surface area contributed by atoms with Crippen LogP contribution in [0.2, 0.25) is 0 Å². The standard InChI is InChI=1S/C35H35N3O5S/c1-5-43-34(40)30-31(23-11-7-6-8-12-23)36-35-38(32(30)25-14-16-27(41-3)28(20-25)42-4)33(39)29(44-35)21-24-13-15-26(19-22(24)2)37-17-9-10-18-37/h6-8,11-16,19-21,32H,5,9-10,17-18H2,1-4H3/b29-21+/t32-/m0/s1. The Labute approximate surface area is 260 Å². The van der Waals surface area contributed by atoms with E-state index in [0.29, 0.717) is 32.1 Å². The Morgan fingerprint density at radius 1 is 1.00 bits per heavy atom. The average molecular weight is 610 g/mol. The Hall–Kier alpha value is -4.63. The van der Waals surface area contributed by atoms with E-state index >= 15 is 0 Å². The number of carbonyl (C=O) groups is 1. The van der Waals surface area contributed by atoms with Crippen LogP contribution in [0.25, 0.3) is 11.8 Å². The third kappa shape index (κ3) is 5.43. The van der Waals surface area contributed by atoms with Crippen LogP contribution >= 0.6 is 11.3 Å². The van der Waals surface area contributed by atoms with E-state index in [2.05, 4.69) is 30.0 Å². The van der Waals surface area contributed by atoms with Crippen molar-refractivity contribution in [1.82, 2.24) is 4.57 Å². The fraction of sp³-hybridized carbons (Fsp3) is 0.286. The lowest BCUT2D eigenvalue weighted by atomic mass is 9.93. The molecule has 0 N–H and O–H groups in total. The van der Waals surface area contributed by atoms with Crippen LogP contribution in [0.3, 0.4) is 0 Å². The minimum absolute atomic E-state index is 0.181. The smallest absolute Gasteiger partial charge is 0.338 e. The predicted octanol–water partition coefficient (Wildman–Crippen LogP) is 4.86. The summed E-state index contributed by atoms with van der Waals surface area (Å²) >= 11 is 1.31. The normalized spacial score (nSPS) is 16.5. The summed E-state index contributed by atoms with van der Waals surface area (Å²) in [6.07, 6.45) is 4.35. The van der Waals surface area contributed by atoms with Crippen molar-refractivity contribution < 1.29 is 19.0 Å². The van der Waals surface area contributed by atoms with Crippen LogP contribution in [-0.4, -0.2) is 44.5 Å². The molecule has 3 heterocycles. The van der Waals surface area contributed by atoms with Crippen molar-refractivity contribution in [3.8, 4) is 11.5 Å². The van der Waals surface area contributed by atoms with E-state index in [-0.39, 0.29) is 17.7 Å². The minimum Gasteiger partial charge on any atom is -0.493 e. The van der Waals surface area contributed by atoms with Gasteiger partial charge in [-0.25, -0.2) is 9.79 Å². The second-order valence-electron chi connectivity index (χ2n) is 10.8. The number of benzene rings is 3. The molecule has 1 atom stereocenters. The molecular weight excluding hydrogens is 574 g/mol. The summed E-state index contributed by atoms with van der Waals surface area (Å²) in [4.78, 5) is 35.8. The summed E-state index contributed by atoms with van der Waals surface area (Å²) in [5.41, 5.74) is 5.23. The Bertz CT molecular complexity index is 1920. The average Bonchev–Trinajstić information content (AvgIpc) is 3.70. The maximum Gasteiger partial charge on any atom is 0.338 e. The topological polar surface area (TPSA) is 82.4 Å². The van der Waals surface area contributed by atoms with Gasteiger partial charge < -0.3 is 19.1 Å². The maximum absolute atomic E-state index is 14.3. The number of carbonyl (C=O) groups excluding carboxylic acids is 1. The molecule has 0 unspecified atom stereocenters. The number of esters is 1. The monoisotopic (exact) mass is 609 g/mol. The lowest BCUT2D eigenvalue weighted by molar-refractivity contribution is -0.138. The number of ether oxygens (including phenoxy) is 3. The highest BCUT2D eigenvalue weighted by Gasteiger charge is 2.35. The first-order valence-corrected chi connectivity index (χ1v) is 15.6. The Balaban J connectivity index is 1.58. The van der Waals surface area contributed by atoms with E-state index < -0.39 is 12.0 Å². The van der Waals surface area contributed by atoms with Gasteiger partial charge in [-0.1, -0.05) is 53.8 Å². The van der Waals surface area contributed by atoms with Crippen molar-refractivity contribution in [3.05, 3.63) is 114 Å². The molecule has 0 saturated carbocycles. The molecule has 0 aliphatic carbocycles. The fourth-order valence-electron chi connectivity index (χ4n) is 5.91. The van der Waals surface area contributed by atoms with Gasteiger partial charge in [0.05, 0.1) is 42.7 Å². The van der Waals surface area contributed by atoms with E-state index in [0.717, 1.165) is 29.8 Å². The number of aryl methyl sites for hydroxylation is 1. The van der Waals surface area contributed by atoms with Gasteiger partial charge in [-0.05, 0) is 73.7 Å². The van der Waals surface area contributed by atoms with Crippen molar-refractivity contribution in [3.63, 3.8) is 0 Å². The summed E-state index contributed by atoms with van der Waals surface area (Å²) in [7, 11) is 3.12. The van der Waals surface area contributed by atoms with Crippen LogP contribution in [0.5, 0.6) is 11.5 Å². The van der Waals surface area contributed by atoms with Crippen LogP contribution in [0.15, 0.2) is 82.1 Å². The highest BCUT2D eigenvalue weighted by atomic mass is 32.1. The molecule has 1 aromatic heterocycles. The van der Waals surface area contributed by atoms with E-state index in [1.54, 1.807) is 37.8 Å². The zero-order valence-corrected chi connectivity index (χ0v) is 26.1. The number of rotatable bonds is 8. The molecule has 6 rings (SSSR count). The highest BCUT2D eigenvalue weighted by Crippen LogP contribution is 2.38. The fourth-order valence-corrected chi connectivity index (χ4v) is 6.91. The second kappa shape index (κ2) is 12.5. The third-order valence-electron chi connectivity index (χ3n) is 8.11. The van der Waals surface area contributed by atoms with Gasteiger partial charge in [0, 0.05) is 24.3 Å². The minimum atomic E-state index is -0.805. The molecule has 0 bridgehead atoms. The van der Waals surface area contributed by atoms with E-state index in [4.69, 9.17) is 19.2 Å². The molecule has 8 nitrogen and oxygen atoms in total. The molecule has 9 heteroatoms. The molecule has 2 aliphatic heterocycles. The molecule has 1 fully saturated rings. The van der Waals surface area contributed by atoms with Gasteiger partial charge in [0.15, 0.2) is 16.3 Å². The summed E-state index contributed by atoms with van der Waals surface area (Å²) < 4.78 is 18.8. The van der Waals surface area contributed by atoms with E-state index in [1.165, 1.54) is 29.9 Å². The molecule has 0 amide bonds. The summed E-state index contributed by atoms with van der Waals surface area (Å²) in [5.74, 6) is 0.501. The zero-order valence-electron chi connectivity index (χ0n) is 25.3. The lowest BCUT2D eigenvalue weighted by Gasteiger charge is -2.26. The molecule has 1 saturated heterocycles. The van der Waals surface area contributed by atoms with Crippen LogP contribution in [0, 0.1) is 6.92 Å². The number of nitrogens with zero attached hydrogens (tertiary/aromatic N) is 3. The molecule has 44 heavy (non-hydrogen) atoms. The molecule has 0 radical (unpaired) electrons. The first-order valence-electron chi connectivity index (χ1n) is 14.8. The summed E-state index contributed by atoms with van der Waals surface area (Å²) in [5, 5.41) is 0. The van der Waals surface area contributed by atoms with Crippen molar-refractivity contribution in [1.29, 1.82) is 0 Å². The zero-order chi connectivity index (χ0) is 30.8. The number of hydrogen-bond acceptors (Lipinski definition) is 8. The molecule has 2 aliphatic rings. The van der Waals surface area contributed by atoms with Crippen molar-refractivity contribution in [2.75, 3.05) is 38.8 Å². The Kier molecular flexibility index (Phi) is 8.39. The van der Waals surface area contributed by atoms with Gasteiger partial charge in [-0.15, -0.1) is 0 Å². The number of hydrogen-bond donors (Lipinski definition) is 0. The number of methoxy groups -OCH3 is 2. The molecule has 226 valence electrons. The highest BCUT2D eigenvalue weighted by molar-refractivity contribution is 7.07.